The highest BCUT2D eigenvalue weighted by molar-refractivity contribution is 5.83. The number of carbonyl (C=O) groups excluding carboxylic acids is 2. The molecular formula is C23H29F3N2O3. The number of aliphatic hydroxyl groups is 1. The minimum atomic E-state index is -4.36. The van der Waals surface area contributed by atoms with Crippen LogP contribution in [0.25, 0.3) is 0 Å². The van der Waals surface area contributed by atoms with E-state index in [2.05, 4.69) is 0 Å². The zero-order chi connectivity index (χ0) is 22.3. The van der Waals surface area contributed by atoms with Crippen molar-refractivity contribution in [2.45, 2.75) is 69.2 Å². The molecule has 2 heterocycles. The minimum Gasteiger partial charge on any atom is -0.387 e. The first-order chi connectivity index (χ1) is 14.6. The summed E-state index contributed by atoms with van der Waals surface area (Å²) in [6, 6.07) is 9.65. The summed E-state index contributed by atoms with van der Waals surface area (Å²) in [4.78, 5) is 28.1. The van der Waals surface area contributed by atoms with Crippen LogP contribution in [0, 0.1) is 5.41 Å². The zero-order valence-electron chi connectivity index (χ0n) is 17.5. The molecule has 31 heavy (non-hydrogen) atoms. The van der Waals surface area contributed by atoms with E-state index in [1.54, 1.807) is 4.90 Å². The average molecular weight is 438 g/mol. The Hall–Kier alpha value is -2.09. The molecule has 1 aromatic rings. The number of β-amino-alcohol motifs (C(OH)–C–C–N with tert-alkyl or cyclic N) is 1. The minimum absolute atomic E-state index is 0.000826. The summed E-state index contributed by atoms with van der Waals surface area (Å²) in [6.07, 6.45) is -2.12. The third-order valence-electron chi connectivity index (χ3n) is 7.49. The lowest BCUT2D eigenvalue weighted by Gasteiger charge is -2.56. The Labute approximate surface area is 180 Å². The number of nitrogens with zero attached hydrogens (tertiary/aromatic N) is 2. The van der Waals surface area contributed by atoms with Gasteiger partial charge in [-0.2, -0.15) is 13.2 Å². The van der Waals surface area contributed by atoms with Gasteiger partial charge in [0.1, 0.15) is 0 Å². The maximum absolute atomic E-state index is 12.6. The normalized spacial score (nSPS) is 28.1. The fourth-order valence-corrected chi connectivity index (χ4v) is 5.63. The van der Waals surface area contributed by atoms with Crippen LogP contribution >= 0.6 is 0 Å². The average Bonchev–Trinajstić information content (AvgIpc) is 3.21. The number of piperidine rings is 1. The molecule has 2 atom stereocenters. The van der Waals surface area contributed by atoms with E-state index < -0.39 is 35.9 Å². The number of alkyl halides is 3. The molecule has 1 saturated carbocycles. The number of hydrogen-bond acceptors (Lipinski definition) is 3. The van der Waals surface area contributed by atoms with E-state index in [4.69, 9.17) is 0 Å². The second-order valence-corrected chi connectivity index (χ2v) is 9.35. The smallest absolute Gasteiger partial charge is 0.387 e. The van der Waals surface area contributed by atoms with Crippen molar-refractivity contribution >= 4 is 11.8 Å². The molecule has 0 bridgehead atoms. The van der Waals surface area contributed by atoms with Crippen LogP contribution in [0.5, 0.6) is 0 Å². The number of carbonyl (C=O) groups is 2. The number of halogens is 3. The number of benzene rings is 1. The molecular weight excluding hydrogens is 409 g/mol. The van der Waals surface area contributed by atoms with E-state index >= 15 is 0 Å². The fraction of sp³-hybridized carbons (Fsp3) is 0.652. The Bertz CT molecular complexity index is 823. The first-order valence-electron chi connectivity index (χ1n) is 11.0. The van der Waals surface area contributed by atoms with Crippen molar-refractivity contribution in [2.24, 2.45) is 5.41 Å². The summed E-state index contributed by atoms with van der Waals surface area (Å²) in [7, 11) is 0. The molecule has 0 radical (unpaired) electrons. The van der Waals surface area contributed by atoms with Gasteiger partial charge in [0.15, 0.2) is 0 Å². The lowest BCUT2D eigenvalue weighted by molar-refractivity contribution is -0.180. The third kappa shape index (κ3) is 4.31. The van der Waals surface area contributed by atoms with Gasteiger partial charge in [0.2, 0.25) is 11.8 Å². The van der Waals surface area contributed by atoms with Gasteiger partial charge in [0, 0.05) is 24.9 Å². The number of rotatable bonds is 5. The van der Waals surface area contributed by atoms with Crippen molar-refractivity contribution < 1.29 is 27.9 Å². The lowest BCUT2D eigenvalue weighted by Crippen LogP contribution is -2.66. The summed E-state index contributed by atoms with van der Waals surface area (Å²) in [5, 5.41) is 11.8. The van der Waals surface area contributed by atoms with Crippen LogP contribution in [-0.4, -0.2) is 58.1 Å². The summed E-state index contributed by atoms with van der Waals surface area (Å²) in [5.74, 6) is -0.507. The van der Waals surface area contributed by atoms with Crippen LogP contribution in [0.15, 0.2) is 30.3 Å². The quantitative estimate of drug-likeness (QED) is 0.711. The first kappa shape index (κ1) is 22.1. The van der Waals surface area contributed by atoms with E-state index in [-0.39, 0.29) is 38.0 Å². The summed E-state index contributed by atoms with van der Waals surface area (Å²) >= 11 is 0. The Morgan fingerprint density at radius 3 is 2.42 bits per heavy atom. The van der Waals surface area contributed by atoms with Gasteiger partial charge >= 0.3 is 6.18 Å². The van der Waals surface area contributed by atoms with E-state index in [1.165, 1.54) is 4.90 Å². The van der Waals surface area contributed by atoms with Crippen LogP contribution in [0.3, 0.4) is 0 Å². The molecule has 1 aliphatic carbocycles. The molecule has 2 amide bonds. The predicted octanol–water partition coefficient (Wildman–Crippen LogP) is 3.83. The molecule has 1 spiro atoms. The maximum Gasteiger partial charge on any atom is 0.389 e. The second-order valence-electron chi connectivity index (χ2n) is 9.35. The molecule has 0 aromatic heterocycles. The van der Waals surface area contributed by atoms with Crippen LogP contribution in [0.2, 0.25) is 0 Å². The molecule has 5 nitrogen and oxygen atoms in total. The highest BCUT2D eigenvalue weighted by Gasteiger charge is 2.57. The van der Waals surface area contributed by atoms with E-state index in [0.29, 0.717) is 19.3 Å². The van der Waals surface area contributed by atoms with Crippen molar-refractivity contribution in [3.8, 4) is 0 Å². The molecule has 3 fully saturated rings. The monoisotopic (exact) mass is 438 g/mol. The largest absolute Gasteiger partial charge is 0.389 e. The summed E-state index contributed by atoms with van der Waals surface area (Å²) in [5.41, 5.74) is -0.685. The maximum atomic E-state index is 12.6. The number of likely N-dealkylation sites (tertiary alicyclic amines) is 2. The van der Waals surface area contributed by atoms with Gasteiger partial charge in [-0.05, 0) is 24.8 Å². The van der Waals surface area contributed by atoms with E-state index in [1.807, 2.05) is 30.3 Å². The van der Waals surface area contributed by atoms with E-state index in [9.17, 15) is 27.9 Å². The highest BCUT2D eigenvalue weighted by Crippen LogP contribution is 2.52. The van der Waals surface area contributed by atoms with Gasteiger partial charge in [-0.15, -0.1) is 0 Å². The zero-order valence-corrected chi connectivity index (χ0v) is 17.5. The molecule has 1 N–H and O–H groups in total. The Morgan fingerprint density at radius 2 is 1.81 bits per heavy atom. The Balaban J connectivity index is 1.49. The van der Waals surface area contributed by atoms with E-state index in [0.717, 1.165) is 18.4 Å². The van der Waals surface area contributed by atoms with Gasteiger partial charge in [-0.3, -0.25) is 9.59 Å². The second kappa shape index (κ2) is 8.11. The predicted molar refractivity (Wildman–Crippen MR) is 108 cm³/mol. The van der Waals surface area contributed by atoms with Crippen molar-refractivity contribution in [3.05, 3.63) is 35.9 Å². The van der Waals surface area contributed by atoms with Crippen molar-refractivity contribution in [3.63, 3.8) is 0 Å². The van der Waals surface area contributed by atoms with Crippen molar-refractivity contribution in [1.29, 1.82) is 0 Å². The molecule has 2 aliphatic heterocycles. The van der Waals surface area contributed by atoms with Crippen LogP contribution in [0.1, 0.15) is 63.0 Å². The molecule has 2 saturated heterocycles. The number of amides is 2. The van der Waals surface area contributed by atoms with Gasteiger partial charge in [0.05, 0.1) is 31.0 Å². The lowest BCUT2D eigenvalue weighted by atomic mass is 9.65. The highest BCUT2D eigenvalue weighted by atomic mass is 19.4. The standard InChI is InChI=1S/C23H29F3N2O3/c24-23(25,26)11-8-19(29)27-13-12-22(31,21(15-27)9-4-5-10-21)16-28-18(14-20(28)30)17-6-2-1-3-7-17/h1-3,6-7,18,31H,4-5,8-16H2. The van der Waals surface area contributed by atoms with Gasteiger partial charge in [-0.25, -0.2) is 0 Å². The summed E-state index contributed by atoms with van der Waals surface area (Å²) < 4.78 is 37.7. The molecule has 1 aromatic carbocycles. The van der Waals surface area contributed by atoms with Crippen molar-refractivity contribution in [2.75, 3.05) is 19.6 Å². The molecule has 8 heteroatoms. The third-order valence-corrected chi connectivity index (χ3v) is 7.49. The topological polar surface area (TPSA) is 60.9 Å². The fourth-order valence-electron chi connectivity index (χ4n) is 5.63. The first-order valence-corrected chi connectivity index (χ1v) is 11.0. The van der Waals surface area contributed by atoms with Gasteiger partial charge in [0.25, 0.3) is 0 Å². The van der Waals surface area contributed by atoms with Gasteiger partial charge < -0.3 is 14.9 Å². The van der Waals surface area contributed by atoms with Gasteiger partial charge in [-0.1, -0.05) is 43.2 Å². The van der Waals surface area contributed by atoms with Crippen LogP contribution in [0.4, 0.5) is 13.2 Å². The Kier molecular flexibility index (Phi) is 5.79. The number of β-lactam (4-membered cyclic amide) rings is 1. The molecule has 4 rings (SSSR count). The summed E-state index contributed by atoms with van der Waals surface area (Å²) in [6.45, 7) is 0.682. The Morgan fingerprint density at radius 1 is 1.13 bits per heavy atom. The van der Waals surface area contributed by atoms with Crippen LogP contribution in [-0.2, 0) is 9.59 Å². The molecule has 2 unspecified atom stereocenters. The SMILES string of the molecule is O=C(CCC(F)(F)F)N1CCC(O)(CN2C(=O)CC2c2ccccc2)C2(CCCC2)C1. The molecule has 3 aliphatic rings. The molecule has 170 valence electrons. The van der Waals surface area contributed by atoms with Crippen LogP contribution < -0.4 is 0 Å². The number of hydrogen-bond donors (Lipinski definition) is 1. The van der Waals surface area contributed by atoms with Crippen molar-refractivity contribution in [1.82, 2.24) is 9.80 Å².